The molecule has 1 amide bonds. The van der Waals surface area contributed by atoms with E-state index in [1.807, 2.05) is 47.1 Å². The highest BCUT2D eigenvalue weighted by molar-refractivity contribution is 6.00. The van der Waals surface area contributed by atoms with Crippen molar-refractivity contribution in [2.24, 2.45) is 5.92 Å². The molecular formula is C19H19N3O. The summed E-state index contributed by atoms with van der Waals surface area (Å²) in [6, 6.07) is 18.3. The number of para-hydroxylation sites is 1. The Morgan fingerprint density at radius 3 is 2.57 bits per heavy atom. The van der Waals surface area contributed by atoms with Gasteiger partial charge in [-0.25, -0.2) is 0 Å². The number of nitrogens with zero attached hydrogens (tertiary/aromatic N) is 2. The van der Waals surface area contributed by atoms with E-state index in [-0.39, 0.29) is 11.8 Å². The van der Waals surface area contributed by atoms with Crippen molar-refractivity contribution in [3.8, 4) is 0 Å². The fraction of sp³-hybridized carbons (Fsp3) is 0.263. The first-order valence-corrected chi connectivity index (χ1v) is 8.11. The number of hydrogen-bond acceptors (Lipinski definition) is 2. The normalized spacial score (nSPS) is 14.6. The second-order valence-electron chi connectivity index (χ2n) is 6.13. The highest BCUT2D eigenvalue weighted by Crippen LogP contribution is 2.29. The molecule has 116 valence electrons. The van der Waals surface area contributed by atoms with Gasteiger partial charge >= 0.3 is 0 Å². The van der Waals surface area contributed by atoms with Crippen LogP contribution in [0.25, 0.3) is 10.9 Å². The van der Waals surface area contributed by atoms with E-state index in [1.54, 1.807) is 0 Å². The maximum absolute atomic E-state index is 12.2. The highest BCUT2D eigenvalue weighted by atomic mass is 16.2. The number of nitrogens with one attached hydrogen (secondary N) is 1. The van der Waals surface area contributed by atoms with Crippen LogP contribution in [-0.4, -0.2) is 15.7 Å². The molecule has 1 N–H and O–H groups in total. The molecule has 1 aliphatic carbocycles. The summed E-state index contributed by atoms with van der Waals surface area (Å²) in [4.78, 5) is 12.2. The van der Waals surface area contributed by atoms with Gasteiger partial charge in [-0.2, -0.15) is 5.10 Å². The van der Waals surface area contributed by atoms with Gasteiger partial charge < -0.3 is 5.32 Å². The van der Waals surface area contributed by atoms with Crippen LogP contribution in [0.3, 0.4) is 0 Å². The Morgan fingerprint density at radius 2 is 1.83 bits per heavy atom. The maximum atomic E-state index is 12.2. The van der Waals surface area contributed by atoms with Crippen LogP contribution < -0.4 is 5.32 Å². The van der Waals surface area contributed by atoms with E-state index in [1.165, 1.54) is 5.56 Å². The molecule has 1 fully saturated rings. The molecule has 4 rings (SSSR count). The third kappa shape index (κ3) is 2.72. The molecule has 0 atom stereocenters. The molecule has 23 heavy (non-hydrogen) atoms. The van der Waals surface area contributed by atoms with E-state index in [2.05, 4.69) is 22.5 Å². The number of amides is 1. The van der Waals surface area contributed by atoms with E-state index in [0.29, 0.717) is 12.4 Å². The van der Waals surface area contributed by atoms with E-state index in [4.69, 9.17) is 0 Å². The minimum absolute atomic E-state index is 0.103. The fourth-order valence-electron chi connectivity index (χ4n) is 2.99. The molecule has 0 bridgehead atoms. The number of rotatable bonds is 4. The van der Waals surface area contributed by atoms with Crippen LogP contribution in [-0.2, 0) is 11.3 Å². The van der Waals surface area contributed by atoms with Gasteiger partial charge in [0.1, 0.15) is 0 Å². The van der Waals surface area contributed by atoms with Crippen LogP contribution in [0, 0.1) is 5.92 Å². The van der Waals surface area contributed by atoms with Crippen molar-refractivity contribution < 1.29 is 4.79 Å². The number of fused-ring (bicyclic) bond motifs is 1. The number of hydrogen-bond donors (Lipinski definition) is 1. The summed E-state index contributed by atoms with van der Waals surface area (Å²) in [6.07, 6.45) is 3.14. The second kappa shape index (κ2) is 5.88. The third-order valence-electron chi connectivity index (χ3n) is 4.55. The van der Waals surface area contributed by atoms with Gasteiger partial charge in [0.25, 0.3) is 0 Å². The zero-order valence-electron chi connectivity index (χ0n) is 12.9. The van der Waals surface area contributed by atoms with Crippen molar-refractivity contribution in [3.05, 3.63) is 60.2 Å². The molecule has 0 radical (unpaired) electrons. The first-order valence-electron chi connectivity index (χ1n) is 8.11. The fourth-order valence-corrected chi connectivity index (χ4v) is 2.99. The van der Waals surface area contributed by atoms with Crippen molar-refractivity contribution in [1.82, 2.24) is 9.78 Å². The number of carbonyl (C=O) groups excluding carboxylic acids is 1. The summed E-state index contributed by atoms with van der Waals surface area (Å²) in [5.74, 6) is 0.938. The average Bonchev–Trinajstić information content (AvgIpc) is 2.85. The van der Waals surface area contributed by atoms with Gasteiger partial charge in [0.2, 0.25) is 5.91 Å². The van der Waals surface area contributed by atoms with Crippen molar-refractivity contribution in [2.45, 2.75) is 25.8 Å². The van der Waals surface area contributed by atoms with Gasteiger partial charge in [-0.3, -0.25) is 9.48 Å². The zero-order chi connectivity index (χ0) is 15.6. The summed E-state index contributed by atoms with van der Waals surface area (Å²) in [5.41, 5.74) is 2.23. The Kier molecular flexibility index (Phi) is 3.58. The number of benzene rings is 2. The lowest BCUT2D eigenvalue weighted by Crippen LogP contribution is -2.28. The summed E-state index contributed by atoms with van der Waals surface area (Å²) in [6.45, 7) is 0.695. The number of anilines is 1. The molecule has 2 aromatic carbocycles. The van der Waals surface area contributed by atoms with Crippen molar-refractivity contribution in [3.63, 3.8) is 0 Å². The lowest BCUT2D eigenvalue weighted by molar-refractivity contribution is -0.122. The molecule has 1 heterocycles. The first kappa shape index (κ1) is 14.0. The predicted molar refractivity (Wildman–Crippen MR) is 91.2 cm³/mol. The minimum atomic E-state index is 0.103. The van der Waals surface area contributed by atoms with Gasteiger partial charge in [-0.15, -0.1) is 0 Å². The quantitative estimate of drug-likeness (QED) is 0.796. The number of carbonyl (C=O) groups is 1. The van der Waals surface area contributed by atoms with E-state index >= 15 is 0 Å². The van der Waals surface area contributed by atoms with Gasteiger partial charge in [0, 0.05) is 11.3 Å². The molecule has 0 aliphatic heterocycles. The van der Waals surface area contributed by atoms with Gasteiger partial charge in [-0.05, 0) is 30.5 Å². The van der Waals surface area contributed by atoms with E-state index in [9.17, 15) is 4.79 Å². The Bertz CT molecular complexity index is 834. The van der Waals surface area contributed by atoms with Crippen molar-refractivity contribution in [1.29, 1.82) is 0 Å². The smallest absolute Gasteiger partial charge is 0.228 e. The Morgan fingerprint density at radius 1 is 1.09 bits per heavy atom. The monoisotopic (exact) mass is 305 g/mol. The van der Waals surface area contributed by atoms with Crippen molar-refractivity contribution in [2.75, 3.05) is 5.32 Å². The molecule has 4 nitrogen and oxygen atoms in total. The lowest BCUT2D eigenvalue weighted by atomic mass is 9.85. The largest absolute Gasteiger partial charge is 0.308 e. The highest BCUT2D eigenvalue weighted by Gasteiger charge is 2.26. The predicted octanol–water partition coefficient (Wildman–Crippen LogP) is 3.82. The molecule has 1 saturated carbocycles. The van der Waals surface area contributed by atoms with E-state index < -0.39 is 0 Å². The van der Waals surface area contributed by atoms with Gasteiger partial charge in [0.15, 0.2) is 5.82 Å². The molecule has 1 aliphatic rings. The van der Waals surface area contributed by atoms with Crippen LogP contribution in [0.1, 0.15) is 24.8 Å². The van der Waals surface area contributed by atoms with Crippen molar-refractivity contribution >= 4 is 22.6 Å². The summed E-state index contributed by atoms with van der Waals surface area (Å²) in [5, 5.41) is 8.67. The zero-order valence-corrected chi connectivity index (χ0v) is 12.9. The molecule has 1 aromatic heterocycles. The third-order valence-corrected chi connectivity index (χ3v) is 4.55. The Hall–Kier alpha value is -2.62. The van der Waals surface area contributed by atoms with Crippen LogP contribution in [0.5, 0.6) is 0 Å². The standard InChI is InChI=1S/C19H19N3O/c23-19(15-9-6-10-15)20-18-16-11-4-5-12-17(16)22(21-18)13-14-7-2-1-3-8-14/h1-5,7-8,11-12,15H,6,9-10,13H2,(H,20,21,23). The van der Waals surface area contributed by atoms with E-state index in [0.717, 1.165) is 30.2 Å². The maximum Gasteiger partial charge on any atom is 0.228 e. The molecule has 3 aromatic rings. The Balaban J connectivity index is 1.67. The first-order chi connectivity index (χ1) is 11.3. The molecular weight excluding hydrogens is 286 g/mol. The topological polar surface area (TPSA) is 46.9 Å². The molecule has 0 saturated heterocycles. The molecule has 4 heteroatoms. The average molecular weight is 305 g/mol. The van der Waals surface area contributed by atoms with Gasteiger partial charge in [0.05, 0.1) is 12.1 Å². The second-order valence-corrected chi connectivity index (χ2v) is 6.13. The number of aromatic nitrogens is 2. The summed E-state index contributed by atoms with van der Waals surface area (Å²) >= 11 is 0. The van der Waals surface area contributed by atoms with Gasteiger partial charge in [-0.1, -0.05) is 48.9 Å². The van der Waals surface area contributed by atoms with Crippen LogP contribution >= 0.6 is 0 Å². The molecule has 0 unspecified atom stereocenters. The minimum Gasteiger partial charge on any atom is -0.308 e. The SMILES string of the molecule is O=C(Nc1nn(Cc2ccccc2)c2ccccc12)C1CCC1. The Labute approximate surface area is 135 Å². The van der Waals surface area contributed by atoms with Crippen LogP contribution in [0.4, 0.5) is 5.82 Å². The molecule has 0 spiro atoms. The summed E-state index contributed by atoms with van der Waals surface area (Å²) < 4.78 is 1.96. The van der Waals surface area contributed by atoms with Crippen LogP contribution in [0.2, 0.25) is 0 Å². The summed E-state index contributed by atoms with van der Waals surface area (Å²) in [7, 11) is 0. The lowest BCUT2D eigenvalue weighted by Gasteiger charge is -2.23. The van der Waals surface area contributed by atoms with Crippen LogP contribution in [0.15, 0.2) is 54.6 Å².